The van der Waals surface area contributed by atoms with Crippen LogP contribution in [0.25, 0.3) is 0 Å². The Morgan fingerprint density at radius 1 is 1.30 bits per heavy atom. The van der Waals surface area contributed by atoms with Crippen molar-refractivity contribution in [3.63, 3.8) is 0 Å². The Balaban J connectivity index is 2.47. The van der Waals surface area contributed by atoms with Crippen LogP contribution in [0.5, 0.6) is 0 Å². The average Bonchev–Trinajstić information content (AvgIpc) is 2.90. The van der Waals surface area contributed by atoms with E-state index in [9.17, 15) is 28.1 Å². The van der Waals surface area contributed by atoms with Crippen LogP contribution >= 0.6 is 0 Å². The van der Waals surface area contributed by atoms with Gasteiger partial charge in [-0.05, 0) is 39.3 Å². The lowest BCUT2D eigenvalue weighted by atomic mass is 10.2. The molecule has 0 aromatic heterocycles. The first-order valence-corrected chi connectivity index (χ1v) is 9.67. The molecule has 0 bridgehead atoms. The number of imide groups is 1. The quantitative estimate of drug-likeness (QED) is 0.562. The number of hydrazine groups is 1. The molecule has 1 aliphatic rings. The lowest BCUT2D eigenvalue weighted by molar-refractivity contribution is -0.384. The second-order valence-corrected chi connectivity index (χ2v) is 8.78. The van der Waals surface area contributed by atoms with Crippen molar-refractivity contribution in [1.29, 1.82) is 0 Å². The van der Waals surface area contributed by atoms with E-state index in [4.69, 9.17) is 4.74 Å². The number of rotatable bonds is 4. The first kappa shape index (κ1) is 20.8. The molecule has 2 rings (SSSR count). The van der Waals surface area contributed by atoms with Crippen LogP contribution in [0.3, 0.4) is 0 Å². The van der Waals surface area contributed by atoms with Gasteiger partial charge in [-0.15, -0.1) is 0 Å². The molecule has 0 spiro atoms. The molecule has 1 saturated heterocycles. The van der Waals surface area contributed by atoms with Crippen LogP contribution in [-0.2, 0) is 19.6 Å². The zero-order valence-corrected chi connectivity index (χ0v) is 16.2. The van der Waals surface area contributed by atoms with E-state index in [1.54, 1.807) is 27.7 Å². The van der Waals surface area contributed by atoms with E-state index in [-0.39, 0.29) is 23.4 Å². The first-order valence-electron chi connectivity index (χ1n) is 8.23. The molecule has 1 aromatic carbocycles. The monoisotopic (exact) mass is 399 g/mol. The van der Waals surface area contributed by atoms with Crippen molar-refractivity contribution >= 4 is 27.7 Å². The fourth-order valence-electron chi connectivity index (χ4n) is 2.58. The number of carbonyl (C=O) groups is 2. The van der Waals surface area contributed by atoms with Gasteiger partial charge in [-0.3, -0.25) is 14.9 Å². The van der Waals surface area contributed by atoms with Gasteiger partial charge in [0.15, 0.2) is 0 Å². The molecule has 1 fully saturated rings. The first-order chi connectivity index (χ1) is 12.4. The van der Waals surface area contributed by atoms with Crippen molar-refractivity contribution in [3.8, 4) is 0 Å². The van der Waals surface area contributed by atoms with Gasteiger partial charge in [-0.25, -0.2) is 13.2 Å². The predicted octanol–water partition coefficient (Wildman–Crippen LogP) is 2.45. The third-order valence-corrected chi connectivity index (χ3v) is 5.61. The van der Waals surface area contributed by atoms with Crippen molar-refractivity contribution in [2.24, 2.45) is 0 Å². The molecule has 0 aliphatic carbocycles. The number of amides is 2. The van der Waals surface area contributed by atoms with Crippen LogP contribution in [0.2, 0.25) is 0 Å². The third-order valence-electron chi connectivity index (χ3n) is 3.79. The largest absolute Gasteiger partial charge is 0.442 e. The molecule has 1 aromatic rings. The highest BCUT2D eigenvalue weighted by Crippen LogP contribution is 2.31. The Morgan fingerprint density at radius 3 is 2.30 bits per heavy atom. The van der Waals surface area contributed by atoms with Gasteiger partial charge >= 0.3 is 6.09 Å². The number of nitro groups is 1. The standard InChI is InChI=1S/C16H21N3O7S/c1-5-11-10-14(20)17(15(21)26-16(2,3)4)18(11)27(24,25)13-8-6-12(7-9-13)19(22)23/h6-9,11H,5,10H2,1-4H3/t11-/m1/s1. The highest BCUT2D eigenvalue weighted by atomic mass is 32.2. The maximum atomic E-state index is 13.1. The van der Waals surface area contributed by atoms with E-state index < -0.39 is 38.6 Å². The summed E-state index contributed by atoms with van der Waals surface area (Å²) in [7, 11) is -4.31. The van der Waals surface area contributed by atoms with E-state index >= 15 is 0 Å². The van der Waals surface area contributed by atoms with Crippen LogP contribution in [-0.4, -0.2) is 46.4 Å². The molecule has 1 heterocycles. The number of sulfonamides is 1. The lowest BCUT2D eigenvalue weighted by Gasteiger charge is -2.30. The van der Waals surface area contributed by atoms with Gasteiger partial charge in [-0.1, -0.05) is 11.3 Å². The predicted molar refractivity (Wildman–Crippen MR) is 93.9 cm³/mol. The molecule has 2 amide bonds. The number of ether oxygens (including phenoxy) is 1. The molecule has 0 saturated carbocycles. The zero-order valence-electron chi connectivity index (χ0n) is 15.4. The van der Waals surface area contributed by atoms with E-state index in [1.807, 2.05) is 0 Å². The molecule has 0 unspecified atom stereocenters. The number of non-ortho nitro benzene ring substituents is 1. The van der Waals surface area contributed by atoms with Crippen molar-refractivity contribution in [2.45, 2.75) is 57.1 Å². The minimum absolute atomic E-state index is 0.165. The molecular formula is C16H21N3O7S. The summed E-state index contributed by atoms with van der Waals surface area (Å²) in [6.07, 6.45) is -0.965. The minimum Gasteiger partial charge on any atom is -0.442 e. The number of hydrogen-bond donors (Lipinski definition) is 0. The second kappa shape index (κ2) is 7.24. The Bertz CT molecular complexity index is 859. The van der Waals surface area contributed by atoms with E-state index in [0.29, 0.717) is 9.42 Å². The van der Waals surface area contributed by atoms with Crippen molar-refractivity contribution in [3.05, 3.63) is 34.4 Å². The summed E-state index contributed by atoms with van der Waals surface area (Å²) in [4.78, 5) is 34.6. The van der Waals surface area contributed by atoms with Crippen LogP contribution < -0.4 is 0 Å². The number of nitro benzene ring substituents is 1. The van der Waals surface area contributed by atoms with Gasteiger partial charge in [0.05, 0.1) is 15.9 Å². The topological polar surface area (TPSA) is 127 Å². The van der Waals surface area contributed by atoms with Gasteiger partial charge in [0.25, 0.3) is 15.7 Å². The van der Waals surface area contributed by atoms with Gasteiger partial charge in [0.2, 0.25) is 5.91 Å². The minimum atomic E-state index is -4.31. The van der Waals surface area contributed by atoms with Crippen molar-refractivity contribution < 1.29 is 27.7 Å². The Hall–Kier alpha value is -2.53. The summed E-state index contributed by atoms with van der Waals surface area (Å²) < 4.78 is 32.0. The van der Waals surface area contributed by atoms with Gasteiger partial charge in [-0.2, -0.15) is 5.01 Å². The van der Waals surface area contributed by atoms with E-state index in [1.165, 1.54) is 0 Å². The van der Waals surface area contributed by atoms with Gasteiger partial charge < -0.3 is 4.74 Å². The van der Waals surface area contributed by atoms with Crippen LogP contribution in [0.4, 0.5) is 10.5 Å². The smallest absolute Gasteiger partial charge is 0.433 e. The number of carbonyl (C=O) groups excluding carboxylic acids is 2. The Morgan fingerprint density at radius 2 is 1.85 bits per heavy atom. The average molecular weight is 399 g/mol. The molecule has 1 atom stereocenters. The summed E-state index contributed by atoms with van der Waals surface area (Å²) in [5.41, 5.74) is -1.20. The molecule has 1 aliphatic heterocycles. The van der Waals surface area contributed by atoms with E-state index in [0.717, 1.165) is 24.3 Å². The fourth-order valence-corrected chi connectivity index (χ4v) is 4.26. The zero-order chi connectivity index (χ0) is 20.6. The molecule has 0 radical (unpaired) electrons. The molecule has 10 nitrogen and oxygen atoms in total. The highest BCUT2D eigenvalue weighted by Gasteiger charge is 2.49. The Kier molecular flexibility index (Phi) is 5.57. The molecule has 11 heteroatoms. The summed E-state index contributed by atoms with van der Waals surface area (Å²) in [5, 5.41) is 11.3. The summed E-state index contributed by atoms with van der Waals surface area (Å²) in [5.74, 6) is -0.693. The lowest BCUT2D eigenvalue weighted by Crippen LogP contribution is -2.50. The number of benzene rings is 1. The van der Waals surface area contributed by atoms with Gasteiger partial charge in [0, 0.05) is 18.6 Å². The summed E-state index contributed by atoms with van der Waals surface area (Å²) in [6.45, 7) is 6.47. The molecular weight excluding hydrogens is 378 g/mol. The maximum absolute atomic E-state index is 13.1. The molecule has 148 valence electrons. The van der Waals surface area contributed by atoms with E-state index in [2.05, 4.69) is 0 Å². The normalized spacial score (nSPS) is 18.6. The fraction of sp³-hybridized carbons (Fsp3) is 0.500. The Labute approximate surface area is 156 Å². The van der Waals surface area contributed by atoms with Crippen LogP contribution in [0.1, 0.15) is 40.5 Å². The molecule has 0 N–H and O–H groups in total. The summed E-state index contributed by atoms with van der Waals surface area (Å²) >= 11 is 0. The number of hydrogen-bond acceptors (Lipinski definition) is 7. The summed E-state index contributed by atoms with van der Waals surface area (Å²) in [6, 6.07) is 3.46. The second-order valence-electron chi connectivity index (χ2n) is 6.98. The van der Waals surface area contributed by atoms with Crippen LogP contribution in [0, 0.1) is 10.1 Å². The third kappa shape index (κ3) is 4.25. The van der Waals surface area contributed by atoms with Crippen molar-refractivity contribution in [1.82, 2.24) is 9.42 Å². The van der Waals surface area contributed by atoms with Gasteiger partial charge in [0.1, 0.15) is 5.60 Å². The number of nitrogens with zero attached hydrogens (tertiary/aromatic N) is 3. The highest BCUT2D eigenvalue weighted by molar-refractivity contribution is 7.89. The van der Waals surface area contributed by atoms with Crippen molar-refractivity contribution in [2.75, 3.05) is 0 Å². The van der Waals surface area contributed by atoms with Crippen LogP contribution in [0.15, 0.2) is 29.2 Å². The SMILES string of the molecule is CC[C@@H]1CC(=O)N(C(=O)OC(C)(C)C)N1S(=O)(=O)c1ccc([N+](=O)[O-])cc1. The molecule has 27 heavy (non-hydrogen) atoms. The maximum Gasteiger partial charge on any atom is 0.433 e.